The summed E-state index contributed by atoms with van der Waals surface area (Å²) in [5, 5.41) is 0. The Kier molecular flexibility index (Phi) is 2.73. The van der Waals surface area contributed by atoms with Crippen molar-refractivity contribution in [1.29, 1.82) is 0 Å². The molecule has 3 nitrogen and oxygen atoms in total. The van der Waals surface area contributed by atoms with Gasteiger partial charge in [-0.1, -0.05) is 12.1 Å². The number of imidazole rings is 1. The Morgan fingerprint density at radius 2 is 2.13 bits per heavy atom. The highest BCUT2D eigenvalue weighted by Crippen LogP contribution is 2.16. The van der Waals surface area contributed by atoms with E-state index >= 15 is 0 Å². The highest BCUT2D eigenvalue weighted by molar-refractivity contribution is 5.75. The van der Waals surface area contributed by atoms with Crippen LogP contribution in [0.3, 0.4) is 0 Å². The van der Waals surface area contributed by atoms with Crippen molar-refractivity contribution in [1.82, 2.24) is 9.55 Å². The van der Waals surface area contributed by atoms with Crippen molar-refractivity contribution in [3.05, 3.63) is 30.1 Å². The molecular formula is C12H16N2O. The molecule has 0 N–H and O–H groups in total. The summed E-state index contributed by atoms with van der Waals surface area (Å²) in [5.74, 6) is 1.04. The van der Waals surface area contributed by atoms with Gasteiger partial charge in [0.1, 0.15) is 5.82 Å². The number of nitrogens with zero attached hydrogens (tertiary/aromatic N) is 2. The lowest BCUT2D eigenvalue weighted by molar-refractivity contribution is 0.104. The van der Waals surface area contributed by atoms with Gasteiger partial charge in [0.25, 0.3) is 0 Å². The van der Waals surface area contributed by atoms with Crippen molar-refractivity contribution in [3.63, 3.8) is 0 Å². The van der Waals surface area contributed by atoms with E-state index in [0.717, 1.165) is 17.9 Å². The van der Waals surface area contributed by atoms with Gasteiger partial charge in [-0.15, -0.1) is 0 Å². The average Bonchev–Trinajstić information content (AvgIpc) is 2.55. The van der Waals surface area contributed by atoms with E-state index in [1.807, 2.05) is 25.1 Å². The first-order valence-corrected chi connectivity index (χ1v) is 5.17. The molecule has 1 aromatic carbocycles. The number of para-hydroxylation sites is 2. The van der Waals surface area contributed by atoms with Crippen LogP contribution in [-0.4, -0.2) is 22.8 Å². The van der Waals surface area contributed by atoms with Crippen LogP contribution in [0.25, 0.3) is 11.0 Å². The second kappa shape index (κ2) is 4.03. The van der Waals surface area contributed by atoms with Crippen molar-refractivity contribution in [2.75, 3.05) is 7.11 Å². The van der Waals surface area contributed by atoms with Crippen LogP contribution in [0.15, 0.2) is 24.3 Å². The van der Waals surface area contributed by atoms with Crippen LogP contribution in [0.4, 0.5) is 0 Å². The molecule has 0 saturated carbocycles. The fourth-order valence-corrected chi connectivity index (χ4v) is 1.76. The first-order valence-electron chi connectivity index (χ1n) is 5.17. The SMILES string of the molecule is COC(C)Cn1c(C)nc2ccccc21. The fraction of sp³-hybridized carbons (Fsp3) is 0.417. The van der Waals surface area contributed by atoms with Gasteiger partial charge >= 0.3 is 0 Å². The van der Waals surface area contributed by atoms with Crippen LogP contribution in [0.5, 0.6) is 0 Å². The molecule has 15 heavy (non-hydrogen) atoms. The Hall–Kier alpha value is -1.35. The van der Waals surface area contributed by atoms with Gasteiger partial charge in [-0.2, -0.15) is 0 Å². The van der Waals surface area contributed by atoms with E-state index < -0.39 is 0 Å². The minimum absolute atomic E-state index is 0.210. The number of rotatable bonds is 3. The minimum atomic E-state index is 0.210. The maximum atomic E-state index is 5.28. The molecular weight excluding hydrogens is 188 g/mol. The van der Waals surface area contributed by atoms with Gasteiger partial charge in [-0.3, -0.25) is 0 Å². The molecule has 1 aromatic heterocycles. The second-order valence-electron chi connectivity index (χ2n) is 3.80. The molecule has 0 spiro atoms. The molecule has 0 fully saturated rings. The van der Waals surface area contributed by atoms with E-state index in [1.54, 1.807) is 7.11 Å². The second-order valence-corrected chi connectivity index (χ2v) is 3.80. The lowest BCUT2D eigenvalue weighted by Gasteiger charge is -2.12. The molecule has 2 aromatic rings. The summed E-state index contributed by atoms with van der Waals surface area (Å²) in [6.45, 7) is 4.94. The van der Waals surface area contributed by atoms with E-state index in [2.05, 4.69) is 22.5 Å². The summed E-state index contributed by atoms with van der Waals surface area (Å²) >= 11 is 0. The van der Waals surface area contributed by atoms with Crippen LogP contribution < -0.4 is 0 Å². The Morgan fingerprint density at radius 1 is 1.40 bits per heavy atom. The number of hydrogen-bond acceptors (Lipinski definition) is 2. The monoisotopic (exact) mass is 204 g/mol. The van der Waals surface area contributed by atoms with E-state index in [-0.39, 0.29) is 6.10 Å². The lowest BCUT2D eigenvalue weighted by atomic mass is 10.3. The van der Waals surface area contributed by atoms with E-state index in [0.29, 0.717) is 0 Å². The van der Waals surface area contributed by atoms with Gasteiger partial charge < -0.3 is 9.30 Å². The smallest absolute Gasteiger partial charge is 0.106 e. The molecule has 0 radical (unpaired) electrons. The van der Waals surface area contributed by atoms with Crippen LogP contribution in [-0.2, 0) is 11.3 Å². The highest BCUT2D eigenvalue weighted by atomic mass is 16.5. The molecule has 1 unspecified atom stereocenters. The first kappa shape index (κ1) is 10.2. The zero-order valence-corrected chi connectivity index (χ0v) is 9.40. The number of ether oxygens (including phenoxy) is 1. The molecule has 0 saturated heterocycles. The first-order chi connectivity index (χ1) is 7.22. The third-order valence-corrected chi connectivity index (χ3v) is 2.69. The van der Waals surface area contributed by atoms with Crippen molar-refractivity contribution in [2.24, 2.45) is 0 Å². The summed E-state index contributed by atoms with van der Waals surface area (Å²) < 4.78 is 7.48. The molecule has 80 valence electrons. The van der Waals surface area contributed by atoms with Gasteiger partial charge in [-0.25, -0.2) is 4.98 Å². The topological polar surface area (TPSA) is 27.1 Å². The van der Waals surface area contributed by atoms with Gasteiger partial charge in [0.2, 0.25) is 0 Å². The molecule has 0 aliphatic heterocycles. The Morgan fingerprint density at radius 3 is 2.87 bits per heavy atom. The minimum Gasteiger partial charge on any atom is -0.380 e. The van der Waals surface area contributed by atoms with Gasteiger partial charge in [-0.05, 0) is 26.0 Å². The summed E-state index contributed by atoms with van der Waals surface area (Å²) in [6.07, 6.45) is 0.210. The third kappa shape index (κ3) is 1.88. The molecule has 3 heteroatoms. The maximum Gasteiger partial charge on any atom is 0.106 e. The summed E-state index contributed by atoms with van der Waals surface area (Å²) in [6, 6.07) is 8.18. The Bertz CT molecular complexity index is 462. The third-order valence-electron chi connectivity index (χ3n) is 2.69. The summed E-state index contributed by atoms with van der Waals surface area (Å²) in [5.41, 5.74) is 2.23. The zero-order valence-electron chi connectivity index (χ0n) is 9.40. The van der Waals surface area contributed by atoms with Crippen LogP contribution in [0.2, 0.25) is 0 Å². The van der Waals surface area contributed by atoms with Gasteiger partial charge in [0.15, 0.2) is 0 Å². The number of aromatic nitrogens is 2. The molecule has 1 heterocycles. The predicted octanol–water partition coefficient (Wildman–Crippen LogP) is 2.38. The highest BCUT2D eigenvalue weighted by Gasteiger charge is 2.09. The van der Waals surface area contributed by atoms with Crippen LogP contribution >= 0.6 is 0 Å². The maximum absolute atomic E-state index is 5.28. The van der Waals surface area contributed by atoms with E-state index in [9.17, 15) is 0 Å². The molecule has 0 aliphatic rings. The van der Waals surface area contributed by atoms with Crippen molar-refractivity contribution in [2.45, 2.75) is 26.5 Å². The number of fused-ring (bicyclic) bond motifs is 1. The molecule has 1 atom stereocenters. The summed E-state index contributed by atoms with van der Waals surface area (Å²) in [4.78, 5) is 4.51. The largest absolute Gasteiger partial charge is 0.380 e. The van der Waals surface area contributed by atoms with Crippen molar-refractivity contribution < 1.29 is 4.74 Å². The molecule has 0 aliphatic carbocycles. The van der Waals surface area contributed by atoms with E-state index in [4.69, 9.17) is 4.74 Å². The number of benzene rings is 1. The quantitative estimate of drug-likeness (QED) is 0.767. The zero-order chi connectivity index (χ0) is 10.8. The normalized spacial score (nSPS) is 13.3. The van der Waals surface area contributed by atoms with Gasteiger partial charge in [0.05, 0.1) is 23.7 Å². The average molecular weight is 204 g/mol. The molecule has 0 bridgehead atoms. The number of aryl methyl sites for hydroxylation is 1. The van der Waals surface area contributed by atoms with Crippen molar-refractivity contribution >= 4 is 11.0 Å². The number of methoxy groups -OCH3 is 1. The predicted molar refractivity (Wildman–Crippen MR) is 60.9 cm³/mol. The standard InChI is InChI=1S/C12H16N2O/c1-9(15-3)8-14-10(2)13-11-6-4-5-7-12(11)14/h4-7,9H,8H2,1-3H3. The number of hydrogen-bond donors (Lipinski definition) is 0. The Balaban J connectivity index is 2.45. The van der Waals surface area contributed by atoms with Crippen molar-refractivity contribution in [3.8, 4) is 0 Å². The fourth-order valence-electron chi connectivity index (χ4n) is 1.76. The van der Waals surface area contributed by atoms with Gasteiger partial charge in [0, 0.05) is 7.11 Å². The Labute approximate surface area is 89.7 Å². The van der Waals surface area contributed by atoms with Crippen LogP contribution in [0, 0.1) is 6.92 Å². The summed E-state index contributed by atoms with van der Waals surface area (Å²) in [7, 11) is 1.74. The molecule has 2 rings (SSSR count). The van der Waals surface area contributed by atoms with Crippen LogP contribution in [0.1, 0.15) is 12.7 Å². The lowest BCUT2D eigenvalue weighted by Crippen LogP contribution is -2.15. The molecule has 0 amide bonds. The van der Waals surface area contributed by atoms with E-state index in [1.165, 1.54) is 5.52 Å².